The summed E-state index contributed by atoms with van der Waals surface area (Å²) in [5.74, 6) is 0.680. The van der Waals surface area contributed by atoms with E-state index < -0.39 is 0 Å². The Labute approximate surface area is 127 Å². The Morgan fingerprint density at radius 1 is 1.29 bits per heavy atom. The minimum Gasteiger partial charge on any atom is -0.380 e. The molecule has 0 spiro atoms. The fourth-order valence-corrected chi connectivity index (χ4v) is 3.57. The molecule has 1 heterocycles. The van der Waals surface area contributed by atoms with Crippen LogP contribution in [0.4, 0.5) is 0 Å². The fourth-order valence-electron chi connectivity index (χ4n) is 3.57. The van der Waals surface area contributed by atoms with Gasteiger partial charge in [-0.1, -0.05) is 24.6 Å². The summed E-state index contributed by atoms with van der Waals surface area (Å²) in [7, 11) is 0. The maximum absolute atomic E-state index is 5.41. The van der Waals surface area contributed by atoms with Gasteiger partial charge in [-0.2, -0.15) is 0 Å². The van der Waals surface area contributed by atoms with Gasteiger partial charge in [-0.05, 0) is 43.7 Å². The minimum atomic E-state index is 0.637. The highest BCUT2D eigenvalue weighted by molar-refractivity contribution is 5.83. The number of para-hydroxylation sites is 1. The normalized spacial score (nSPS) is 22.7. The van der Waals surface area contributed by atoms with E-state index in [1.54, 1.807) is 0 Å². The number of H-pyrrole nitrogens is 1. The van der Waals surface area contributed by atoms with Gasteiger partial charge < -0.3 is 15.0 Å². The molecule has 0 aliphatic heterocycles. The number of fused-ring (bicyclic) bond motifs is 1. The number of benzene rings is 1. The maximum atomic E-state index is 5.41. The van der Waals surface area contributed by atoms with Crippen molar-refractivity contribution in [3.8, 4) is 0 Å². The van der Waals surface area contributed by atoms with Gasteiger partial charge in [-0.3, -0.25) is 0 Å². The van der Waals surface area contributed by atoms with E-state index in [1.165, 1.54) is 42.1 Å². The van der Waals surface area contributed by atoms with Gasteiger partial charge in [0.2, 0.25) is 0 Å². The molecule has 1 aromatic heterocycles. The molecule has 1 aliphatic rings. The third-order valence-electron chi connectivity index (χ3n) is 4.62. The molecule has 3 heteroatoms. The number of hydrogen-bond donors (Lipinski definition) is 2. The van der Waals surface area contributed by atoms with E-state index in [-0.39, 0.29) is 0 Å². The summed E-state index contributed by atoms with van der Waals surface area (Å²) in [5.41, 5.74) is 2.76. The zero-order valence-corrected chi connectivity index (χ0v) is 12.9. The zero-order chi connectivity index (χ0) is 14.5. The van der Waals surface area contributed by atoms with Crippen LogP contribution in [-0.4, -0.2) is 30.8 Å². The summed E-state index contributed by atoms with van der Waals surface area (Å²) < 4.78 is 5.41. The van der Waals surface area contributed by atoms with E-state index in [0.717, 1.165) is 19.8 Å². The topological polar surface area (TPSA) is 37.0 Å². The molecule has 2 N–H and O–H groups in total. The lowest BCUT2D eigenvalue weighted by molar-refractivity contribution is 0.144. The second-order valence-electron chi connectivity index (χ2n) is 6.00. The van der Waals surface area contributed by atoms with Crippen LogP contribution in [0.3, 0.4) is 0 Å². The molecule has 114 valence electrons. The van der Waals surface area contributed by atoms with Crippen molar-refractivity contribution >= 4 is 10.9 Å². The monoisotopic (exact) mass is 286 g/mol. The molecule has 1 saturated carbocycles. The summed E-state index contributed by atoms with van der Waals surface area (Å²) in [6.45, 7) is 4.65. The number of aromatic amines is 1. The summed E-state index contributed by atoms with van der Waals surface area (Å²) >= 11 is 0. The Bertz CT molecular complexity index is 563. The summed E-state index contributed by atoms with van der Waals surface area (Å²) in [4.78, 5) is 3.42. The van der Waals surface area contributed by atoms with Gasteiger partial charge >= 0.3 is 0 Å². The Kier molecular flexibility index (Phi) is 4.94. The number of ether oxygens (including phenoxy) is 1. The summed E-state index contributed by atoms with van der Waals surface area (Å²) in [6.07, 6.45) is 7.39. The summed E-state index contributed by atoms with van der Waals surface area (Å²) in [6, 6.07) is 9.28. The third-order valence-corrected chi connectivity index (χ3v) is 4.62. The molecule has 0 radical (unpaired) electrons. The van der Waals surface area contributed by atoms with Gasteiger partial charge in [0.25, 0.3) is 0 Å². The molecule has 21 heavy (non-hydrogen) atoms. The lowest BCUT2D eigenvalue weighted by Gasteiger charge is -2.30. The average Bonchev–Trinajstić information content (AvgIpc) is 2.96. The van der Waals surface area contributed by atoms with Crippen LogP contribution in [0.5, 0.6) is 0 Å². The molecule has 2 unspecified atom stereocenters. The molecule has 0 bridgehead atoms. The van der Waals surface area contributed by atoms with Crippen LogP contribution < -0.4 is 5.32 Å². The van der Waals surface area contributed by atoms with Crippen LogP contribution in [-0.2, 0) is 4.74 Å². The predicted molar refractivity (Wildman–Crippen MR) is 87.8 cm³/mol. The molecule has 3 rings (SSSR count). The third kappa shape index (κ3) is 3.47. The lowest BCUT2D eigenvalue weighted by atomic mass is 9.81. The Balaban J connectivity index is 1.63. The minimum absolute atomic E-state index is 0.637. The molecule has 2 aromatic rings. The molecule has 1 aromatic carbocycles. The van der Waals surface area contributed by atoms with E-state index in [1.807, 2.05) is 6.92 Å². The number of nitrogens with one attached hydrogen (secondary N) is 2. The SMILES string of the molecule is CCOCCNC1CCCC(c2c[nH]c3ccccc23)C1. The van der Waals surface area contributed by atoms with Gasteiger partial charge in [0.15, 0.2) is 0 Å². The molecule has 0 saturated heterocycles. The zero-order valence-electron chi connectivity index (χ0n) is 12.9. The van der Waals surface area contributed by atoms with E-state index in [2.05, 4.69) is 40.8 Å². The van der Waals surface area contributed by atoms with Gasteiger partial charge in [0.1, 0.15) is 0 Å². The van der Waals surface area contributed by atoms with E-state index >= 15 is 0 Å². The van der Waals surface area contributed by atoms with Crippen molar-refractivity contribution in [2.75, 3.05) is 19.8 Å². The van der Waals surface area contributed by atoms with Crippen molar-refractivity contribution in [2.45, 2.75) is 44.6 Å². The standard InChI is InChI=1S/C18H26N2O/c1-2-21-11-10-19-15-7-5-6-14(12-15)17-13-20-18-9-4-3-8-16(17)18/h3-4,8-9,13-15,19-20H,2,5-7,10-12H2,1H3. The number of aromatic nitrogens is 1. The molecule has 1 aliphatic carbocycles. The van der Waals surface area contributed by atoms with Crippen molar-refractivity contribution < 1.29 is 4.74 Å². The average molecular weight is 286 g/mol. The van der Waals surface area contributed by atoms with Crippen LogP contribution in [0.2, 0.25) is 0 Å². The van der Waals surface area contributed by atoms with Crippen LogP contribution in [0, 0.1) is 0 Å². The Morgan fingerprint density at radius 3 is 3.10 bits per heavy atom. The Hall–Kier alpha value is -1.32. The predicted octanol–water partition coefficient (Wildman–Crippen LogP) is 3.82. The first-order chi connectivity index (χ1) is 10.4. The second-order valence-corrected chi connectivity index (χ2v) is 6.00. The van der Waals surface area contributed by atoms with E-state index in [9.17, 15) is 0 Å². The van der Waals surface area contributed by atoms with Crippen molar-refractivity contribution in [3.63, 3.8) is 0 Å². The number of rotatable bonds is 6. The Morgan fingerprint density at radius 2 is 2.19 bits per heavy atom. The van der Waals surface area contributed by atoms with Crippen LogP contribution in [0.25, 0.3) is 10.9 Å². The van der Waals surface area contributed by atoms with Crippen molar-refractivity contribution in [1.29, 1.82) is 0 Å². The largest absolute Gasteiger partial charge is 0.380 e. The van der Waals surface area contributed by atoms with E-state index in [4.69, 9.17) is 4.74 Å². The highest BCUT2D eigenvalue weighted by Gasteiger charge is 2.24. The quantitative estimate of drug-likeness (QED) is 0.792. The van der Waals surface area contributed by atoms with Crippen molar-refractivity contribution in [1.82, 2.24) is 10.3 Å². The maximum Gasteiger partial charge on any atom is 0.0590 e. The first kappa shape index (κ1) is 14.6. The summed E-state index contributed by atoms with van der Waals surface area (Å²) in [5, 5.41) is 5.06. The van der Waals surface area contributed by atoms with Crippen LogP contribution in [0.1, 0.15) is 44.1 Å². The van der Waals surface area contributed by atoms with Crippen molar-refractivity contribution in [3.05, 3.63) is 36.0 Å². The molecular weight excluding hydrogens is 260 g/mol. The van der Waals surface area contributed by atoms with E-state index in [0.29, 0.717) is 12.0 Å². The highest BCUT2D eigenvalue weighted by atomic mass is 16.5. The molecule has 2 atom stereocenters. The van der Waals surface area contributed by atoms with Gasteiger partial charge in [0.05, 0.1) is 6.61 Å². The first-order valence-corrected chi connectivity index (χ1v) is 8.25. The second kappa shape index (κ2) is 7.10. The smallest absolute Gasteiger partial charge is 0.0590 e. The highest BCUT2D eigenvalue weighted by Crippen LogP contribution is 2.36. The van der Waals surface area contributed by atoms with Crippen LogP contribution >= 0.6 is 0 Å². The van der Waals surface area contributed by atoms with Crippen molar-refractivity contribution in [2.24, 2.45) is 0 Å². The molecular formula is C18H26N2O. The lowest BCUT2D eigenvalue weighted by Crippen LogP contribution is -2.35. The molecule has 0 amide bonds. The molecule has 3 nitrogen and oxygen atoms in total. The van der Waals surface area contributed by atoms with Gasteiger partial charge in [-0.15, -0.1) is 0 Å². The van der Waals surface area contributed by atoms with Gasteiger partial charge in [-0.25, -0.2) is 0 Å². The molecule has 1 fully saturated rings. The first-order valence-electron chi connectivity index (χ1n) is 8.25. The van der Waals surface area contributed by atoms with Gasteiger partial charge in [0, 0.05) is 36.3 Å². The van der Waals surface area contributed by atoms with Crippen LogP contribution in [0.15, 0.2) is 30.5 Å². The fraction of sp³-hybridized carbons (Fsp3) is 0.556. The number of hydrogen-bond acceptors (Lipinski definition) is 2.